The number of carbonyl (C=O) groups is 4. The number of aromatic amines is 2. The monoisotopic (exact) mass is 406 g/mol. The minimum absolute atomic E-state index is 0.0235. The highest BCUT2D eigenvalue weighted by Crippen LogP contribution is 2.38. The fourth-order valence-corrected chi connectivity index (χ4v) is 3.85. The summed E-state index contributed by atoms with van der Waals surface area (Å²) in [4.78, 5) is 67.1. The molecule has 1 aromatic carbocycles. The van der Waals surface area contributed by atoms with Gasteiger partial charge in [0.2, 0.25) is 5.91 Å². The Labute approximate surface area is 147 Å². The standard InChI is InChI=1S/C15H11BrN4O5/c1-15(3-2-7(21)17-13(15)24)20-11(22)5-4-6(16)9-10(8(5)12(20)23)19-14(25)18-9/h4H,2-3H2,1H3,(H,17,21,24)(H2,18,19,25). The highest BCUT2D eigenvalue weighted by molar-refractivity contribution is 9.10. The van der Waals surface area contributed by atoms with Crippen LogP contribution in [0.15, 0.2) is 15.3 Å². The van der Waals surface area contributed by atoms with Crippen molar-refractivity contribution in [3.8, 4) is 0 Å². The Morgan fingerprint density at radius 2 is 1.76 bits per heavy atom. The van der Waals surface area contributed by atoms with Gasteiger partial charge in [0.05, 0.1) is 22.2 Å². The summed E-state index contributed by atoms with van der Waals surface area (Å²) in [6.07, 6.45) is 0.0623. The number of nitrogens with zero attached hydrogens (tertiary/aromatic N) is 1. The van der Waals surface area contributed by atoms with E-state index in [9.17, 15) is 24.0 Å². The summed E-state index contributed by atoms with van der Waals surface area (Å²) in [6, 6.07) is 1.44. The minimum Gasteiger partial charge on any atom is -0.305 e. The number of fused-ring (bicyclic) bond motifs is 3. The molecule has 1 unspecified atom stereocenters. The average Bonchev–Trinajstić information content (AvgIpc) is 3.03. The van der Waals surface area contributed by atoms with Gasteiger partial charge in [-0.25, -0.2) is 4.79 Å². The number of hydrogen-bond acceptors (Lipinski definition) is 5. The van der Waals surface area contributed by atoms with Crippen molar-refractivity contribution < 1.29 is 19.2 Å². The van der Waals surface area contributed by atoms with Gasteiger partial charge in [0, 0.05) is 10.9 Å². The van der Waals surface area contributed by atoms with E-state index in [2.05, 4.69) is 31.2 Å². The van der Waals surface area contributed by atoms with Gasteiger partial charge in [-0.2, -0.15) is 0 Å². The summed E-state index contributed by atoms with van der Waals surface area (Å²) in [6.45, 7) is 1.45. The quantitative estimate of drug-likeness (QED) is 0.590. The Hall–Kier alpha value is -2.75. The topological polar surface area (TPSA) is 132 Å². The lowest BCUT2D eigenvalue weighted by Crippen LogP contribution is -2.62. The molecule has 4 amide bonds. The van der Waals surface area contributed by atoms with Crippen LogP contribution < -0.4 is 11.0 Å². The lowest BCUT2D eigenvalue weighted by molar-refractivity contribution is -0.140. The van der Waals surface area contributed by atoms with Gasteiger partial charge in [-0.05, 0) is 35.3 Å². The Kier molecular flexibility index (Phi) is 3.08. The summed E-state index contributed by atoms with van der Waals surface area (Å²) in [5, 5.41) is 2.17. The van der Waals surface area contributed by atoms with Crippen LogP contribution in [0.4, 0.5) is 0 Å². The zero-order valence-electron chi connectivity index (χ0n) is 12.9. The zero-order valence-corrected chi connectivity index (χ0v) is 14.4. The number of piperidine rings is 1. The molecule has 1 atom stereocenters. The SMILES string of the molecule is CC1(N2C(=O)c3cc(Br)c4[nH]c(=O)[nH]c4c3C2=O)CCC(=O)NC1=O. The molecule has 3 heterocycles. The van der Waals surface area contributed by atoms with E-state index < -0.39 is 34.9 Å². The maximum Gasteiger partial charge on any atom is 0.323 e. The molecule has 2 aliphatic rings. The van der Waals surface area contributed by atoms with E-state index in [1.54, 1.807) is 0 Å². The van der Waals surface area contributed by atoms with Crippen molar-refractivity contribution in [3.63, 3.8) is 0 Å². The van der Waals surface area contributed by atoms with E-state index in [1.165, 1.54) is 13.0 Å². The molecule has 0 aliphatic carbocycles. The third-order valence-electron chi connectivity index (χ3n) is 4.68. The fraction of sp³-hybridized carbons (Fsp3) is 0.267. The lowest BCUT2D eigenvalue weighted by Gasteiger charge is -2.38. The van der Waals surface area contributed by atoms with Crippen LogP contribution in [-0.4, -0.2) is 44.0 Å². The number of benzene rings is 1. The Bertz CT molecular complexity index is 1070. The predicted molar refractivity (Wildman–Crippen MR) is 87.9 cm³/mol. The molecule has 2 aromatic rings. The molecule has 1 aromatic heterocycles. The fourth-order valence-electron chi connectivity index (χ4n) is 3.33. The van der Waals surface area contributed by atoms with Crippen molar-refractivity contribution in [3.05, 3.63) is 32.2 Å². The molecule has 25 heavy (non-hydrogen) atoms. The molecule has 0 bridgehead atoms. The van der Waals surface area contributed by atoms with E-state index in [-0.39, 0.29) is 29.5 Å². The van der Waals surface area contributed by atoms with Gasteiger partial charge in [-0.1, -0.05) is 0 Å². The van der Waals surface area contributed by atoms with Gasteiger partial charge in [-0.15, -0.1) is 0 Å². The Morgan fingerprint density at radius 3 is 2.44 bits per heavy atom. The predicted octanol–water partition coefficient (Wildman–Crippen LogP) is 0.410. The van der Waals surface area contributed by atoms with Crippen LogP contribution in [0.5, 0.6) is 0 Å². The largest absolute Gasteiger partial charge is 0.323 e. The number of carbonyl (C=O) groups excluding carboxylic acids is 4. The second-order valence-corrected chi connectivity index (χ2v) is 7.06. The number of imidazole rings is 1. The van der Waals surface area contributed by atoms with Gasteiger partial charge in [0.1, 0.15) is 5.54 Å². The summed E-state index contributed by atoms with van der Waals surface area (Å²) < 4.78 is 0.441. The van der Waals surface area contributed by atoms with Gasteiger partial charge < -0.3 is 9.97 Å². The van der Waals surface area contributed by atoms with Crippen molar-refractivity contribution in [2.24, 2.45) is 0 Å². The highest BCUT2D eigenvalue weighted by atomic mass is 79.9. The normalized spacial score (nSPS) is 23.4. The molecule has 1 fully saturated rings. The molecular formula is C15H11BrN4O5. The summed E-state index contributed by atoms with van der Waals surface area (Å²) in [5.41, 5.74) is -1.31. The lowest BCUT2D eigenvalue weighted by atomic mass is 9.89. The first-order valence-electron chi connectivity index (χ1n) is 7.41. The molecule has 1 saturated heterocycles. The maximum atomic E-state index is 13.0. The van der Waals surface area contributed by atoms with E-state index in [0.717, 1.165) is 4.90 Å². The first-order chi connectivity index (χ1) is 11.7. The van der Waals surface area contributed by atoms with Crippen LogP contribution in [0.3, 0.4) is 0 Å². The van der Waals surface area contributed by atoms with E-state index in [0.29, 0.717) is 9.99 Å². The number of nitrogens with one attached hydrogen (secondary N) is 3. The summed E-state index contributed by atoms with van der Waals surface area (Å²) >= 11 is 3.26. The highest BCUT2D eigenvalue weighted by Gasteiger charge is 2.53. The maximum absolute atomic E-state index is 13.0. The van der Waals surface area contributed by atoms with Crippen LogP contribution in [0.1, 0.15) is 40.5 Å². The van der Waals surface area contributed by atoms with Crippen LogP contribution >= 0.6 is 15.9 Å². The third-order valence-corrected chi connectivity index (χ3v) is 5.31. The smallest absolute Gasteiger partial charge is 0.305 e. The molecule has 2 aliphatic heterocycles. The molecule has 3 N–H and O–H groups in total. The van der Waals surface area contributed by atoms with Crippen LogP contribution in [0, 0.1) is 0 Å². The number of imide groups is 2. The van der Waals surface area contributed by atoms with E-state index in [1.807, 2.05) is 0 Å². The van der Waals surface area contributed by atoms with Crippen molar-refractivity contribution >= 4 is 50.6 Å². The number of H-pyrrole nitrogens is 2. The van der Waals surface area contributed by atoms with Crippen LogP contribution in [-0.2, 0) is 9.59 Å². The number of aromatic nitrogens is 2. The average molecular weight is 407 g/mol. The van der Waals surface area contributed by atoms with Crippen LogP contribution in [0.2, 0.25) is 0 Å². The van der Waals surface area contributed by atoms with Gasteiger partial charge in [0.15, 0.2) is 0 Å². The number of halogens is 1. The zero-order chi connectivity index (χ0) is 18.1. The van der Waals surface area contributed by atoms with Crippen molar-refractivity contribution in [2.75, 3.05) is 0 Å². The van der Waals surface area contributed by atoms with Gasteiger partial charge in [-0.3, -0.25) is 29.4 Å². The second kappa shape index (κ2) is 4.88. The van der Waals surface area contributed by atoms with E-state index >= 15 is 0 Å². The van der Waals surface area contributed by atoms with Crippen molar-refractivity contribution in [1.29, 1.82) is 0 Å². The van der Waals surface area contributed by atoms with Crippen molar-refractivity contribution in [2.45, 2.75) is 25.3 Å². The second-order valence-electron chi connectivity index (χ2n) is 6.21. The Morgan fingerprint density at radius 1 is 1.08 bits per heavy atom. The third kappa shape index (κ3) is 1.97. The molecule has 128 valence electrons. The molecule has 0 saturated carbocycles. The molecule has 0 spiro atoms. The summed E-state index contributed by atoms with van der Waals surface area (Å²) in [5.74, 6) is -2.47. The molecule has 10 heteroatoms. The van der Waals surface area contributed by atoms with Crippen LogP contribution in [0.25, 0.3) is 11.0 Å². The first-order valence-corrected chi connectivity index (χ1v) is 8.21. The molecular weight excluding hydrogens is 396 g/mol. The van der Waals surface area contributed by atoms with Gasteiger partial charge in [0.25, 0.3) is 17.7 Å². The summed E-state index contributed by atoms with van der Waals surface area (Å²) in [7, 11) is 0. The minimum atomic E-state index is -1.48. The Balaban J connectivity index is 1.91. The molecule has 0 radical (unpaired) electrons. The van der Waals surface area contributed by atoms with Gasteiger partial charge >= 0.3 is 5.69 Å². The van der Waals surface area contributed by atoms with E-state index in [4.69, 9.17) is 0 Å². The first kappa shape index (κ1) is 15.8. The number of rotatable bonds is 1. The molecule has 9 nitrogen and oxygen atoms in total. The number of hydrogen-bond donors (Lipinski definition) is 3. The molecule has 4 rings (SSSR count). The number of amides is 4. The van der Waals surface area contributed by atoms with Crippen molar-refractivity contribution in [1.82, 2.24) is 20.2 Å².